The molecular weight excluding hydrogens is 360 g/mol. The van der Waals surface area contributed by atoms with Gasteiger partial charge in [-0.3, -0.25) is 0 Å². The third-order valence-electron chi connectivity index (χ3n) is 4.75. The Morgan fingerprint density at radius 1 is 1.04 bits per heavy atom. The molecule has 6 heteroatoms. The van der Waals surface area contributed by atoms with Crippen LogP contribution in [-0.4, -0.2) is 16.0 Å². The fourth-order valence-corrected chi connectivity index (χ4v) is 3.47. The molecule has 28 heavy (non-hydrogen) atoms. The highest BCUT2D eigenvalue weighted by Crippen LogP contribution is 2.38. The van der Waals surface area contributed by atoms with Crippen molar-refractivity contribution in [3.05, 3.63) is 83.6 Å². The number of aromatic amines is 1. The molecule has 0 bridgehead atoms. The van der Waals surface area contributed by atoms with Crippen LogP contribution < -0.4 is 5.73 Å². The molecule has 0 unspecified atom stereocenters. The van der Waals surface area contributed by atoms with Gasteiger partial charge in [0.2, 0.25) is 0 Å². The highest BCUT2D eigenvalue weighted by atomic mass is 19.2. The van der Waals surface area contributed by atoms with Crippen molar-refractivity contribution in [1.82, 2.24) is 4.98 Å². The maximum absolute atomic E-state index is 14.7. The van der Waals surface area contributed by atoms with Gasteiger partial charge in [-0.2, -0.15) is 0 Å². The van der Waals surface area contributed by atoms with Gasteiger partial charge in [0.05, 0.1) is 0 Å². The minimum Gasteiger partial charge on any atom is -0.409 e. The summed E-state index contributed by atoms with van der Waals surface area (Å²) < 4.78 is 28.7. The van der Waals surface area contributed by atoms with E-state index >= 15 is 0 Å². The quantitative estimate of drug-likeness (QED) is 0.199. The molecule has 4 aromatic rings. The normalized spacial score (nSPS) is 11.9. The number of hydrogen-bond acceptors (Lipinski definition) is 2. The summed E-state index contributed by atoms with van der Waals surface area (Å²) in [6.45, 7) is 1.86. The van der Waals surface area contributed by atoms with E-state index in [1.807, 2.05) is 43.5 Å². The lowest BCUT2D eigenvalue weighted by Gasteiger charge is -2.17. The highest BCUT2D eigenvalue weighted by Gasteiger charge is 2.21. The van der Waals surface area contributed by atoms with Crippen LogP contribution in [0.15, 0.2) is 65.9 Å². The Morgan fingerprint density at radius 3 is 2.64 bits per heavy atom. The van der Waals surface area contributed by atoms with Gasteiger partial charge in [-0.15, -0.1) is 0 Å². The molecule has 0 aliphatic carbocycles. The van der Waals surface area contributed by atoms with Crippen molar-refractivity contribution in [2.24, 2.45) is 10.9 Å². The van der Waals surface area contributed by atoms with Crippen molar-refractivity contribution >= 4 is 16.7 Å². The number of rotatable bonds is 3. The molecular formula is C22H17F2N3O. The number of aromatic nitrogens is 1. The molecule has 140 valence electrons. The Labute approximate surface area is 159 Å². The fraction of sp³-hybridized carbons (Fsp3) is 0.0455. The SMILES string of the molecule is Cc1cc(C(N)=NO)c(-c2cccc(F)c2F)c(-c2ccc3cc[nH]c3c2)c1. The average Bonchev–Trinajstić information content (AvgIpc) is 3.17. The molecule has 3 aromatic carbocycles. The monoisotopic (exact) mass is 377 g/mol. The molecule has 0 spiro atoms. The number of amidine groups is 1. The number of fused-ring (bicyclic) bond motifs is 1. The summed E-state index contributed by atoms with van der Waals surface area (Å²) in [6, 6.07) is 15.3. The number of aryl methyl sites for hydroxylation is 1. The second kappa shape index (κ2) is 6.81. The molecule has 1 aromatic heterocycles. The third-order valence-corrected chi connectivity index (χ3v) is 4.75. The summed E-state index contributed by atoms with van der Waals surface area (Å²) in [5.74, 6) is -2.13. The van der Waals surface area contributed by atoms with Gasteiger partial charge in [0.15, 0.2) is 17.5 Å². The first-order chi connectivity index (χ1) is 13.5. The van der Waals surface area contributed by atoms with Crippen LogP contribution >= 0.6 is 0 Å². The topological polar surface area (TPSA) is 74.4 Å². The number of hydrogen-bond donors (Lipinski definition) is 3. The maximum atomic E-state index is 14.7. The van der Waals surface area contributed by atoms with Gasteiger partial charge in [0.25, 0.3) is 0 Å². The van der Waals surface area contributed by atoms with Crippen LogP contribution in [-0.2, 0) is 0 Å². The number of halogens is 2. The van der Waals surface area contributed by atoms with Crippen molar-refractivity contribution < 1.29 is 14.0 Å². The number of nitrogens with zero attached hydrogens (tertiary/aromatic N) is 1. The van der Waals surface area contributed by atoms with Crippen LogP contribution in [0.25, 0.3) is 33.2 Å². The first kappa shape index (κ1) is 17.7. The Bertz CT molecular complexity index is 1230. The van der Waals surface area contributed by atoms with Crippen LogP contribution in [0, 0.1) is 18.6 Å². The van der Waals surface area contributed by atoms with Crippen molar-refractivity contribution in [2.45, 2.75) is 6.92 Å². The molecule has 0 saturated carbocycles. The highest BCUT2D eigenvalue weighted by molar-refractivity contribution is 6.07. The Kier molecular flexibility index (Phi) is 4.31. The molecule has 0 saturated heterocycles. The minimum absolute atomic E-state index is 0.0446. The van der Waals surface area contributed by atoms with Gasteiger partial charge in [-0.25, -0.2) is 8.78 Å². The van der Waals surface area contributed by atoms with Crippen molar-refractivity contribution in [3.8, 4) is 22.3 Å². The Balaban J connectivity index is 2.10. The first-order valence-electron chi connectivity index (χ1n) is 8.64. The van der Waals surface area contributed by atoms with Crippen LogP contribution in [0.5, 0.6) is 0 Å². The lowest BCUT2D eigenvalue weighted by molar-refractivity contribution is 0.318. The van der Waals surface area contributed by atoms with Gasteiger partial charge in [0.1, 0.15) is 0 Å². The smallest absolute Gasteiger partial charge is 0.170 e. The first-order valence-corrected chi connectivity index (χ1v) is 8.64. The molecule has 0 fully saturated rings. The van der Waals surface area contributed by atoms with Gasteiger partial charge >= 0.3 is 0 Å². The standard InChI is InChI=1S/C22H17F2N3O/c1-12-9-16(14-6-5-13-7-8-26-19(13)11-14)20(17(10-12)22(25)27-28)15-3-2-4-18(23)21(15)24/h2-11,26,28H,1H3,(H2,25,27). The molecule has 0 amide bonds. The number of nitrogens with two attached hydrogens (primary N) is 1. The van der Waals surface area contributed by atoms with E-state index in [1.54, 1.807) is 6.07 Å². The zero-order chi connectivity index (χ0) is 19.8. The summed E-state index contributed by atoms with van der Waals surface area (Å²) in [7, 11) is 0. The second-order valence-corrected chi connectivity index (χ2v) is 6.60. The van der Waals surface area contributed by atoms with Crippen molar-refractivity contribution in [2.75, 3.05) is 0 Å². The predicted molar refractivity (Wildman–Crippen MR) is 106 cm³/mol. The van der Waals surface area contributed by atoms with Crippen molar-refractivity contribution in [3.63, 3.8) is 0 Å². The van der Waals surface area contributed by atoms with Gasteiger partial charge < -0.3 is 15.9 Å². The van der Waals surface area contributed by atoms with E-state index < -0.39 is 11.6 Å². The fourth-order valence-electron chi connectivity index (χ4n) is 3.47. The molecule has 0 radical (unpaired) electrons. The van der Waals surface area contributed by atoms with E-state index in [-0.39, 0.29) is 11.4 Å². The van der Waals surface area contributed by atoms with E-state index in [0.717, 1.165) is 28.1 Å². The zero-order valence-corrected chi connectivity index (χ0v) is 15.0. The Morgan fingerprint density at radius 2 is 1.86 bits per heavy atom. The number of oxime groups is 1. The second-order valence-electron chi connectivity index (χ2n) is 6.60. The van der Waals surface area contributed by atoms with E-state index in [9.17, 15) is 14.0 Å². The largest absolute Gasteiger partial charge is 0.409 e. The molecule has 4 N–H and O–H groups in total. The zero-order valence-electron chi connectivity index (χ0n) is 15.0. The van der Waals surface area contributed by atoms with Gasteiger partial charge in [0, 0.05) is 28.4 Å². The number of benzene rings is 3. The Hall–Kier alpha value is -3.67. The number of H-pyrrole nitrogens is 1. The van der Waals surface area contributed by atoms with E-state index in [0.29, 0.717) is 16.7 Å². The van der Waals surface area contributed by atoms with Crippen LogP contribution in [0.1, 0.15) is 11.1 Å². The van der Waals surface area contributed by atoms with Crippen LogP contribution in [0.2, 0.25) is 0 Å². The molecule has 0 atom stereocenters. The van der Waals surface area contributed by atoms with E-state index in [1.165, 1.54) is 12.1 Å². The number of nitrogens with one attached hydrogen (secondary N) is 1. The van der Waals surface area contributed by atoms with Crippen molar-refractivity contribution in [1.29, 1.82) is 0 Å². The molecule has 4 nitrogen and oxygen atoms in total. The lowest BCUT2D eigenvalue weighted by Crippen LogP contribution is -2.15. The molecule has 4 rings (SSSR count). The summed E-state index contributed by atoms with van der Waals surface area (Å²) in [6.07, 6.45) is 1.83. The van der Waals surface area contributed by atoms with Gasteiger partial charge in [-0.05, 0) is 53.3 Å². The van der Waals surface area contributed by atoms with E-state index in [2.05, 4.69) is 10.1 Å². The average molecular weight is 377 g/mol. The third kappa shape index (κ3) is 2.89. The van der Waals surface area contributed by atoms with E-state index in [4.69, 9.17) is 5.73 Å². The molecule has 0 aliphatic rings. The van der Waals surface area contributed by atoms with Crippen LogP contribution in [0.4, 0.5) is 8.78 Å². The predicted octanol–water partition coefficient (Wildman–Crippen LogP) is 5.18. The summed E-state index contributed by atoms with van der Waals surface area (Å²) >= 11 is 0. The lowest BCUT2D eigenvalue weighted by atomic mass is 9.88. The summed E-state index contributed by atoms with van der Waals surface area (Å²) in [5.41, 5.74) is 9.82. The summed E-state index contributed by atoms with van der Waals surface area (Å²) in [5, 5.41) is 13.4. The molecule has 1 heterocycles. The summed E-state index contributed by atoms with van der Waals surface area (Å²) in [4.78, 5) is 3.15. The van der Waals surface area contributed by atoms with Crippen LogP contribution in [0.3, 0.4) is 0 Å². The molecule has 0 aliphatic heterocycles. The van der Waals surface area contributed by atoms with Gasteiger partial charge in [-0.1, -0.05) is 35.5 Å². The maximum Gasteiger partial charge on any atom is 0.170 e. The minimum atomic E-state index is -0.986.